The Labute approximate surface area is 117 Å². The zero-order chi connectivity index (χ0) is 13.8. The van der Waals surface area contributed by atoms with Crippen LogP contribution in [-0.2, 0) is 16.6 Å². The van der Waals surface area contributed by atoms with E-state index in [1.807, 2.05) is 0 Å². The van der Waals surface area contributed by atoms with Gasteiger partial charge in [0.1, 0.15) is 17.5 Å². The zero-order valence-electron chi connectivity index (χ0n) is 10.2. The highest BCUT2D eigenvalue weighted by molar-refractivity contribution is 9.08. The molecule has 0 unspecified atom stereocenters. The number of benzene rings is 1. The second-order valence-corrected chi connectivity index (χ2v) is 4.40. The summed E-state index contributed by atoms with van der Waals surface area (Å²) < 4.78 is 33.5. The number of rotatable bonds is 5. The van der Waals surface area contributed by atoms with Crippen LogP contribution in [0.15, 0.2) is 18.2 Å². The van der Waals surface area contributed by atoms with Gasteiger partial charge in [-0.25, -0.2) is 8.78 Å². The molecule has 102 valence electrons. The first-order valence-electron chi connectivity index (χ1n) is 5.59. The molecule has 0 bridgehead atoms. The standard InChI is InChI=1S/C12H12BrF2N3O/c1-19-5-4-18-11(7-13)16-17-12(18)9-3-2-8(14)6-10(9)15/h2-3,6H,4-5,7H2,1H3. The number of hydrogen-bond acceptors (Lipinski definition) is 3. The van der Waals surface area contributed by atoms with Crippen molar-refractivity contribution in [2.45, 2.75) is 11.9 Å². The van der Waals surface area contributed by atoms with Gasteiger partial charge in [-0.2, -0.15) is 0 Å². The monoisotopic (exact) mass is 331 g/mol. The topological polar surface area (TPSA) is 39.9 Å². The minimum Gasteiger partial charge on any atom is -0.383 e. The summed E-state index contributed by atoms with van der Waals surface area (Å²) >= 11 is 3.30. The fourth-order valence-corrected chi connectivity index (χ4v) is 2.14. The van der Waals surface area contributed by atoms with Crippen LogP contribution in [0.2, 0.25) is 0 Å². The van der Waals surface area contributed by atoms with E-state index in [2.05, 4.69) is 26.1 Å². The lowest BCUT2D eigenvalue weighted by Crippen LogP contribution is -2.09. The number of ether oxygens (including phenoxy) is 1. The maximum Gasteiger partial charge on any atom is 0.167 e. The van der Waals surface area contributed by atoms with E-state index in [0.717, 1.165) is 6.07 Å². The van der Waals surface area contributed by atoms with E-state index in [-0.39, 0.29) is 5.56 Å². The normalized spacial score (nSPS) is 10.9. The van der Waals surface area contributed by atoms with Crippen LogP contribution in [0.5, 0.6) is 0 Å². The lowest BCUT2D eigenvalue weighted by atomic mass is 10.2. The summed E-state index contributed by atoms with van der Waals surface area (Å²) in [7, 11) is 1.58. The summed E-state index contributed by atoms with van der Waals surface area (Å²) in [6, 6.07) is 3.38. The Kier molecular flexibility index (Phi) is 4.60. The van der Waals surface area contributed by atoms with Crippen molar-refractivity contribution in [1.29, 1.82) is 0 Å². The molecule has 0 amide bonds. The summed E-state index contributed by atoms with van der Waals surface area (Å²) in [4.78, 5) is 0. The molecule has 0 saturated heterocycles. The highest BCUT2D eigenvalue weighted by atomic mass is 79.9. The molecular formula is C12H12BrF2N3O. The van der Waals surface area contributed by atoms with E-state index >= 15 is 0 Å². The minimum atomic E-state index is -0.660. The molecule has 7 heteroatoms. The van der Waals surface area contributed by atoms with Crippen molar-refractivity contribution in [3.63, 3.8) is 0 Å². The van der Waals surface area contributed by atoms with Gasteiger partial charge in [0.05, 0.1) is 17.5 Å². The molecule has 0 aliphatic carbocycles. The predicted molar refractivity (Wildman–Crippen MR) is 69.9 cm³/mol. The molecule has 1 heterocycles. The van der Waals surface area contributed by atoms with Crippen molar-refractivity contribution >= 4 is 15.9 Å². The molecule has 0 N–H and O–H groups in total. The SMILES string of the molecule is COCCn1c(CBr)nnc1-c1ccc(F)cc1F. The van der Waals surface area contributed by atoms with Crippen LogP contribution in [-0.4, -0.2) is 28.5 Å². The molecule has 0 saturated carbocycles. The number of aromatic nitrogens is 3. The smallest absolute Gasteiger partial charge is 0.167 e. The van der Waals surface area contributed by atoms with Crippen LogP contribution < -0.4 is 0 Å². The van der Waals surface area contributed by atoms with Gasteiger partial charge in [-0.3, -0.25) is 0 Å². The lowest BCUT2D eigenvalue weighted by Gasteiger charge is -2.09. The first-order valence-corrected chi connectivity index (χ1v) is 6.72. The number of halogens is 3. The van der Waals surface area contributed by atoms with Crippen LogP contribution in [0.4, 0.5) is 8.78 Å². The quantitative estimate of drug-likeness (QED) is 0.791. The van der Waals surface area contributed by atoms with Crippen molar-refractivity contribution in [3.8, 4) is 11.4 Å². The highest BCUT2D eigenvalue weighted by Gasteiger charge is 2.16. The van der Waals surface area contributed by atoms with E-state index in [9.17, 15) is 8.78 Å². The van der Waals surface area contributed by atoms with Crippen LogP contribution >= 0.6 is 15.9 Å². The van der Waals surface area contributed by atoms with Gasteiger partial charge in [0.2, 0.25) is 0 Å². The lowest BCUT2D eigenvalue weighted by molar-refractivity contribution is 0.187. The van der Waals surface area contributed by atoms with Crippen LogP contribution in [0.25, 0.3) is 11.4 Å². The molecule has 0 fully saturated rings. The molecular weight excluding hydrogens is 320 g/mol. The number of hydrogen-bond donors (Lipinski definition) is 0. The Bertz CT molecular complexity index is 574. The van der Waals surface area contributed by atoms with E-state index in [1.54, 1.807) is 11.7 Å². The zero-order valence-corrected chi connectivity index (χ0v) is 11.8. The number of methoxy groups -OCH3 is 1. The van der Waals surface area contributed by atoms with Crippen molar-refractivity contribution in [2.75, 3.05) is 13.7 Å². The van der Waals surface area contributed by atoms with Gasteiger partial charge in [0.15, 0.2) is 5.82 Å². The van der Waals surface area contributed by atoms with E-state index < -0.39 is 11.6 Å². The molecule has 0 spiro atoms. The number of nitrogens with zero attached hydrogens (tertiary/aromatic N) is 3. The summed E-state index contributed by atoms with van der Waals surface area (Å²) in [5.41, 5.74) is 0.220. The second kappa shape index (κ2) is 6.21. The Morgan fingerprint density at radius 2 is 2.11 bits per heavy atom. The van der Waals surface area contributed by atoms with Gasteiger partial charge < -0.3 is 9.30 Å². The van der Waals surface area contributed by atoms with Crippen molar-refractivity contribution < 1.29 is 13.5 Å². The summed E-state index contributed by atoms with van der Waals surface area (Å²) in [5, 5.41) is 8.44. The molecule has 1 aromatic heterocycles. The van der Waals surface area contributed by atoms with Crippen LogP contribution in [0, 0.1) is 11.6 Å². The third-order valence-electron chi connectivity index (χ3n) is 2.64. The fourth-order valence-electron chi connectivity index (χ4n) is 1.72. The van der Waals surface area contributed by atoms with Gasteiger partial charge in [-0.15, -0.1) is 10.2 Å². The predicted octanol–water partition coefficient (Wildman–Crippen LogP) is 2.76. The Hall–Kier alpha value is -1.34. The second-order valence-electron chi connectivity index (χ2n) is 3.84. The van der Waals surface area contributed by atoms with E-state index in [4.69, 9.17) is 4.74 Å². The molecule has 0 aliphatic rings. The summed E-state index contributed by atoms with van der Waals surface area (Å²) in [5.74, 6) is -0.253. The molecule has 4 nitrogen and oxygen atoms in total. The molecule has 0 radical (unpaired) electrons. The maximum absolute atomic E-state index is 13.8. The summed E-state index contributed by atoms with van der Waals surface area (Å²) in [6.45, 7) is 0.949. The maximum atomic E-state index is 13.8. The highest BCUT2D eigenvalue weighted by Crippen LogP contribution is 2.23. The fraction of sp³-hybridized carbons (Fsp3) is 0.333. The average Bonchev–Trinajstić information content (AvgIpc) is 2.79. The molecule has 19 heavy (non-hydrogen) atoms. The first-order chi connectivity index (χ1) is 9.17. The number of alkyl halides is 1. The van der Waals surface area contributed by atoms with Crippen LogP contribution in [0.1, 0.15) is 5.82 Å². The van der Waals surface area contributed by atoms with E-state index in [0.29, 0.717) is 30.1 Å². The molecule has 2 rings (SSSR count). The molecule has 0 aliphatic heterocycles. The molecule has 0 atom stereocenters. The van der Waals surface area contributed by atoms with Gasteiger partial charge in [-0.1, -0.05) is 15.9 Å². The van der Waals surface area contributed by atoms with Crippen molar-refractivity contribution in [2.24, 2.45) is 0 Å². The van der Waals surface area contributed by atoms with Gasteiger partial charge in [0, 0.05) is 19.7 Å². The van der Waals surface area contributed by atoms with Gasteiger partial charge in [-0.05, 0) is 12.1 Å². The third-order valence-corrected chi connectivity index (χ3v) is 3.14. The van der Waals surface area contributed by atoms with Gasteiger partial charge in [0.25, 0.3) is 0 Å². The average molecular weight is 332 g/mol. The van der Waals surface area contributed by atoms with Gasteiger partial charge >= 0.3 is 0 Å². The van der Waals surface area contributed by atoms with Crippen molar-refractivity contribution in [1.82, 2.24) is 14.8 Å². The largest absolute Gasteiger partial charge is 0.383 e. The molecule has 1 aromatic carbocycles. The van der Waals surface area contributed by atoms with E-state index in [1.165, 1.54) is 12.1 Å². The first kappa shape index (κ1) is 14.1. The minimum absolute atomic E-state index is 0.220. The molecule has 2 aromatic rings. The van der Waals surface area contributed by atoms with Crippen LogP contribution in [0.3, 0.4) is 0 Å². The van der Waals surface area contributed by atoms with Crippen molar-refractivity contribution in [3.05, 3.63) is 35.7 Å². The summed E-state index contributed by atoms with van der Waals surface area (Å²) in [6.07, 6.45) is 0. The Morgan fingerprint density at radius 3 is 2.74 bits per heavy atom. The third kappa shape index (κ3) is 2.98. The Morgan fingerprint density at radius 1 is 1.32 bits per heavy atom. The Balaban J connectivity index is 2.46.